The minimum absolute atomic E-state index is 0.240. The Morgan fingerprint density at radius 2 is 1.92 bits per heavy atom. The number of amides is 1. The number of carbonyl (C=O) groups excluding carboxylic acids is 1. The number of anilines is 1. The van der Waals surface area contributed by atoms with Gasteiger partial charge in [-0.25, -0.2) is 9.07 Å². The van der Waals surface area contributed by atoms with Crippen LogP contribution in [0.25, 0.3) is 16.6 Å². The van der Waals surface area contributed by atoms with Gasteiger partial charge in [0.15, 0.2) is 0 Å². The van der Waals surface area contributed by atoms with E-state index in [2.05, 4.69) is 20.6 Å². The van der Waals surface area contributed by atoms with Crippen molar-refractivity contribution in [2.75, 3.05) is 5.32 Å². The first kappa shape index (κ1) is 16.0. The predicted molar refractivity (Wildman–Crippen MR) is 97.0 cm³/mol. The van der Waals surface area contributed by atoms with E-state index in [1.807, 2.05) is 25.1 Å². The summed E-state index contributed by atoms with van der Waals surface area (Å²) >= 11 is 0. The molecule has 4 rings (SSSR count). The highest BCUT2D eigenvalue weighted by molar-refractivity contribution is 6.06. The number of aryl methyl sites for hydroxylation is 1. The summed E-state index contributed by atoms with van der Waals surface area (Å²) < 4.78 is 14.8. The van der Waals surface area contributed by atoms with E-state index in [1.165, 1.54) is 12.1 Å². The quantitative estimate of drug-likeness (QED) is 0.591. The highest BCUT2D eigenvalue weighted by atomic mass is 19.1. The number of rotatable bonds is 3. The van der Waals surface area contributed by atoms with E-state index in [-0.39, 0.29) is 11.7 Å². The van der Waals surface area contributed by atoms with Gasteiger partial charge in [0.25, 0.3) is 5.91 Å². The normalized spacial score (nSPS) is 11.0. The second-order valence-electron chi connectivity index (χ2n) is 6.06. The summed E-state index contributed by atoms with van der Waals surface area (Å²) in [4.78, 5) is 12.8. The monoisotopic (exact) mass is 349 g/mol. The SMILES string of the molecule is Cc1nn(-c2ccc(F)cc2)c(C)c1C(=O)Nc1ccc2[nH]ncc2c1. The Morgan fingerprint density at radius 1 is 1.15 bits per heavy atom. The summed E-state index contributed by atoms with van der Waals surface area (Å²) in [5, 5.41) is 15.1. The zero-order valence-electron chi connectivity index (χ0n) is 14.2. The first-order valence-corrected chi connectivity index (χ1v) is 8.09. The molecular formula is C19H16FN5O. The van der Waals surface area contributed by atoms with E-state index in [9.17, 15) is 9.18 Å². The van der Waals surface area contributed by atoms with Crippen LogP contribution in [0.2, 0.25) is 0 Å². The second kappa shape index (κ2) is 6.11. The average molecular weight is 349 g/mol. The Balaban J connectivity index is 1.66. The maximum absolute atomic E-state index is 13.1. The average Bonchev–Trinajstić information content (AvgIpc) is 3.19. The van der Waals surface area contributed by atoms with E-state index in [1.54, 1.807) is 29.9 Å². The third-order valence-corrected chi connectivity index (χ3v) is 4.29. The van der Waals surface area contributed by atoms with Crippen molar-refractivity contribution in [3.63, 3.8) is 0 Å². The zero-order valence-corrected chi connectivity index (χ0v) is 14.2. The number of hydrogen-bond donors (Lipinski definition) is 2. The van der Waals surface area contributed by atoms with Crippen LogP contribution in [0.4, 0.5) is 10.1 Å². The molecule has 130 valence electrons. The molecule has 0 aliphatic carbocycles. The van der Waals surface area contributed by atoms with Crippen LogP contribution in [-0.2, 0) is 0 Å². The summed E-state index contributed by atoms with van der Waals surface area (Å²) in [6.45, 7) is 3.60. The van der Waals surface area contributed by atoms with Gasteiger partial charge in [-0.05, 0) is 56.3 Å². The van der Waals surface area contributed by atoms with Gasteiger partial charge in [-0.2, -0.15) is 10.2 Å². The molecule has 0 bridgehead atoms. The van der Waals surface area contributed by atoms with Crippen LogP contribution in [0.15, 0.2) is 48.7 Å². The highest BCUT2D eigenvalue weighted by Gasteiger charge is 2.19. The van der Waals surface area contributed by atoms with E-state index < -0.39 is 0 Å². The maximum atomic E-state index is 13.1. The zero-order chi connectivity index (χ0) is 18.3. The Morgan fingerprint density at radius 3 is 2.69 bits per heavy atom. The fourth-order valence-electron chi connectivity index (χ4n) is 3.02. The summed E-state index contributed by atoms with van der Waals surface area (Å²) in [5.74, 6) is -0.556. The van der Waals surface area contributed by atoms with Gasteiger partial charge in [-0.15, -0.1) is 0 Å². The number of nitrogens with zero attached hydrogens (tertiary/aromatic N) is 3. The third-order valence-electron chi connectivity index (χ3n) is 4.29. The minimum atomic E-state index is -0.317. The van der Waals surface area contributed by atoms with Gasteiger partial charge in [0.1, 0.15) is 5.82 Å². The number of aromatic amines is 1. The van der Waals surface area contributed by atoms with E-state index in [4.69, 9.17) is 0 Å². The molecule has 1 amide bonds. The van der Waals surface area contributed by atoms with Gasteiger partial charge in [-0.1, -0.05) is 0 Å². The Kier molecular flexibility index (Phi) is 3.76. The smallest absolute Gasteiger partial charge is 0.259 e. The summed E-state index contributed by atoms with van der Waals surface area (Å²) in [7, 11) is 0. The molecule has 2 N–H and O–H groups in total. The molecule has 0 saturated heterocycles. The first-order valence-electron chi connectivity index (χ1n) is 8.09. The molecule has 7 heteroatoms. The number of nitrogens with one attached hydrogen (secondary N) is 2. The predicted octanol–water partition coefficient (Wildman–Crippen LogP) is 3.76. The number of aromatic nitrogens is 4. The lowest BCUT2D eigenvalue weighted by atomic mass is 10.1. The number of H-pyrrole nitrogens is 1. The van der Waals surface area contributed by atoms with Crippen LogP contribution in [0.3, 0.4) is 0 Å². The van der Waals surface area contributed by atoms with Gasteiger partial charge in [0.05, 0.1) is 34.4 Å². The van der Waals surface area contributed by atoms with Crippen LogP contribution in [-0.4, -0.2) is 25.9 Å². The van der Waals surface area contributed by atoms with Gasteiger partial charge >= 0.3 is 0 Å². The van der Waals surface area contributed by atoms with Crippen LogP contribution >= 0.6 is 0 Å². The summed E-state index contributed by atoms with van der Waals surface area (Å²) in [6.07, 6.45) is 1.70. The fraction of sp³-hybridized carbons (Fsp3) is 0.105. The number of benzene rings is 2. The number of carbonyl (C=O) groups is 1. The van der Waals surface area contributed by atoms with Crippen LogP contribution in [0.1, 0.15) is 21.7 Å². The van der Waals surface area contributed by atoms with Crippen molar-refractivity contribution in [2.24, 2.45) is 0 Å². The summed E-state index contributed by atoms with van der Waals surface area (Å²) in [5.41, 5.74) is 4.08. The molecule has 0 atom stereocenters. The molecule has 0 aliphatic heterocycles. The molecule has 0 aliphatic rings. The van der Waals surface area contributed by atoms with Crippen molar-refractivity contribution in [3.8, 4) is 5.69 Å². The lowest BCUT2D eigenvalue weighted by Gasteiger charge is -2.07. The van der Waals surface area contributed by atoms with Gasteiger partial charge < -0.3 is 5.32 Å². The lowest BCUT2D eigenvalue weighted by molar-refractivity contribution is 0.102. The van der Waals surface area contributed by atoms with Crippen molar-refractivity contribution in [1.82, 2.24) is 20.0 Å². The molecule has 6 nitrogen and oxygen atoms in total. The van der Waals surface area contributed by atoms with Crippen LogP contribution in [0.5, 0.6) is 0 Å². The highest BCUT2D eigenvalue weighted by Crippen LogP contribution is 2.21. The van der Waals surface area contributed by atoms with Gasteiger partial charge in [-0.3, -0.25) is 9.89 Å². The molecule has 2 aromatic heterocycles. The molecule has 0 unspecified atom stereocenters. The maximum Gasteiger partial charge on any atom is 0.259 e. The van der Waals surface area contributed by atoms with E-state index in [0.29, 0.717) is 28.3 Å². The lowest BCUT2D eigenvalue weighted by Crippen LogP contribution is -2.14. The molecule has 0 saturated carbocycles. The molecule has 26 heavy (non-hydrogen) atoms. The molecule has 2 aromatic carbocycles. The number of hydrogen-bond acceptors (Lipinski definition) is 3. The topological polar surface area (TPSA) is 75.6 Å². The number of halogens is 1. The van der Waals surface area contributed by atoms with E-state index in [0.717, 1.165) is 10.9 Å². The van der Waals surface area contributed by atoms with Crippen LogP contribution < -0.4 is 5.32 Å². The van der Waals surface area contributed by atoms with E-state index >= 15 is 0 Å². The van der Waals surface area contributed by atoms with Gasteiger partial charge in [0.2, 0.25) is 0 Å². The second-order valence-corrected chi connectivity index (χ2v) is 6.06. The largest absolute Gasteiger partial charge is 0.322 e. The van der Waals surface area contributed by atoms with Crippen molar-refractivity contribution in [1.29, 1.82) is 0 Å². The third kappa shape index (κ3) is 2.73. The standard InChI is InChI=1S/C19H16FN5O/c1-11-18(12(2)25(24-11)16-6-3-14(20)4-7-16)19(26)22-15-5-8-17-13(9-15)10-21-23-17/h3-10H,1-2H3,(H,21,23)(H,22,26). The molecule has 0 fully saturated rings. The Labute approximate surface area is 148 Å². The minimum Gasteiger partial charge on any atom is -0.322 e. The van der Waals surface area contributed by atoms with Crippen molar-refractivity contribution in [3.05, 3.63) is 71.4 Å². The number of fused-ring (bicyclic) bond motifs is 1. The van der Waals surface area contributed by atoms with Crippen LogP contribution in [0, 0.1) is 19.7 Å². The molecule has 2 heterocycles. The molecule has 0 spiro atoms. The summed E-state index contributed by atoms with van der Waals surface area (Å²) in [6, 6.07) is 11.5. The Hall–Kier alpha value is -3.48. The molecule has 4 aromatic rings. The van der Waals surface area contributed by atoms with Crippen molar-refractivity contribution < 1.29 is 9.18 Å². The first-order chi connectivity index (χ1) is 12.5. The molecular weight excluding hydrogens is 333 g/mol. The molecule has 0 radical (unpaired) electrons. The Bertz CT molecular complexity index is 1110. The van der Waals surface area contributed by atoms with Crippen molar-refractivity contribution >= 4 is 22.5 Å². The van der Waals surface area contributed by atoms with Gasteiger partial charge in [0, 0.05) is 11.1 Å². The fourth-order valence-corrected chi connectivity index (χ4v) is 3.02. The van der Waals surface area contributed by atoms with Crippen molar-refractivity contribution in [2.45, 2.75) is 13.8 Å².